The molecule has 0 N–H and O–H groups in total. The minimum atomic E-state index is -1.20. The molecule has 4 rings (SSSR count). The van der Waals surface area contributed by atoms with Crippen LogP contribution in [0.5, 0.6) is 0 Å². The van der Waals surface area contributed by atoms with Crippen molar-refractivity contribution in [2.75, 3.05) is 40.8 Å². The van der Waals surface area contributed by atoms with Crippen LogP contribution in [0, 0.1) is 0 Å². The van der Waals surface area contributed by atoms with Crippen molar-refractivity contribution in [2.45, 2.75) is 51.4 Å². The van der Waals surface area contributed by atoms with Crippen LogP contribution in [-0.4, -0.2) is 91.2 Å². The van der Waals surface area contributed by atoms with E-state index < -0.39 is 35.7 Å². The zero-order valence-corrected chi connectivity index (χ0v) is 27.4. The van der Waals surface area contributed by atoms with E-state index in [4.69, 9.17) is 14.2 Å². The Morgan fingerprint density at radius 2 is 1.26 bits per heavy atom. The molecular formula is C36H43N3O7. The molecule has 0 bridgehead atoms. The third kappa shape index (κ3) is 8.65. The van der Waals surface area contributed by atoms with Crippen LogP contribution < -0.4 is 0 Å². The van der Waals surface area contributed by atoms with E-state index in [0.29, 0.717) is 0 Å². The van der Waals surface area contributed by atoms with Crippen molar-refractivity contribution in [3.05, 3.63) is 95.6 Å². The van der Waals surface area contributed by atoms with Crippen molar-refractivity contribution < 1.29 is 33.4 Å². The predicted octanol–water partition coefficient (Wildman–Crippen LogP) is 5.69. The second-order valence-electron chi connectivity index (χ2n) is 12.4. The van der Waals surface area contributed by atoms with Crippen molar-refractivity contribution in [3.63, 3.8) is 0 Å². The molecule has 1 atom stereocenters. The van der Waals surface area contributed by atoms with Crippen molar-refractivity contribution in [2.24, 2.45) is 0 Å². The maximum atomic E-state index is 13.7. The van der Waals surface area contributed by atoms with Crippen molar-refractivity contribution in [1.82, 2.24) is 14.7 Å². The Kier molecular flexibility index (Phi) is 11.1. The molecule has 46 heavy (non-hydrogen) atoms. The van der Waals surface area contributed by atoms with Crippen LogP contribution in [0.1, 0.15) is 49.8 Å². The molecule has 0 spiro atoms. The largest absolute Gasteiger partial charge is 0.461 e. The van der Waals surface area contributed by atoms with Gasteiger partial charge in [0.05, 0.1) is 6.42 Å². The van der Waals surface area contributed by atoms with Gasteiger partial charge in [0.25, 0.3) is 0 Å². The third-order valence-corrected chi connectivity index (χ3v) is 7.83. The minimum Gasteiger partial charge on any atom is -0.461 e. The van der Waals surface area contributed by atoms with Gasteiger partial charge in [-0.2, -0.15) is 0 Å². The van der Waals surface area contributed by atoms with Crippen LogP contribution in [0.2, 0.25) is 0 Å². The molecule has 0 aliphatic heterocycles. The number of ether oxygens (including phenoxy) is 3. The summed E-state index contributed by atoms with van der Waals surface area (Å²) >= 11 is 0. The van der Waals surface area contributed by atoms with E-state index >= 15 is 0 Å². The Morgan fingerprint density at radius 1 is 0.717 bits per heavy atom. The van der Waals surface area contributed by atoms with E-state index in [2.05, 4.69) is 0 Å². The number of carbonyl (C=O) groups excluding carboxylic acids is 4. The summed E-state index contributed by atoms with van der Waals surface area (Å²) in [5.41, 5.74) is 4.45. The normalized spacial score (nSPS) is 12.7. The molecule has 0 radical (unpaired) electrons. The maximum absolute atomic E-state index is 13.7. The monoisotopic (exact) mass is 629 g/mol. The molecule has 10 nitrogen and oxygen atoms in total. The molecular weight excluding hydrogens is 586 g/mol. The quantitative estimate of drug-likeness (QED) is 0.198. The topological polar surface area (TPSA) is 106 Å². The highest BCUT2D eigenvalue weighted by atomic mass is 16.6. The highest BCUT2D eigenvalue weighted by molar-refractivity contribution is 5.89. The first-order valence-corrected chi connectivity index (χ1v) is 15.3. The summed E-state index contributed by atoms with van der Waals surface area (Å²) in [5, 5.41) is 0. The Labute approximate surface area is 270 Å². The van der Waals surface area contributed by atoms with Gasteiger partial charge in [-0.1, -0.05) is 78.9 Å². The zero-order valence-electron chi connectivity index (χ0n) is 27.4. The lowest BCUT2D eigenvalue weighted by Gasteiger charge is -2.31. The average molecular weight is 630 g/mol. The molecule has 1 aliphatic rings. The summed E-state index contributed by atoms with van der Waals surface area (Å²) in [6, 6.07) is 24.0. The summed E-state index contributed by atoms with van der Waals surface area (Å²) in [6.45, 7) is 5.73. The molecule has 244 valence electrons. The van der Waals surface area contributed by atoms with E-state index in [1.54, 1.807) is 34.9 Å². The van der Waals surface area contributed by atoms with Crippen LogP contribution in [0.25, 0.3) is 11.1 Å². The Balaban J connectivity index is 1.44. The van der Waals surface area contributed by atoms with Gasteiger partial charge in [-0.05, 0) is 48.6 Å². The lowest BCUT2D eigenvalue weighted by molar-refractivity contribution is -0.150. The van der Waals surface area contributed by atoms with Gasteiger partial charge in [0.1, 0.15) is 24.9 Å². The smallest absolute Gasteiger partial charge is 0.410 e. The number of hydrogen-bond donors (Lipinski definition) is 0. The van der Waals surface area contributed by atoms with Crippen molar-refractivity contribution >= 4 is 24.1 Å². The summed E-state index contributed by atoms with van der Waals surface area (Å²) in [6.07, 6.45) is -1.64. The van der Waals surface area contributed by atoms with Crippen LogP contribution in [0.4, 0.5) is 9.59 Å². The molecule has 0 unspecified atom stereocenters. The van der Waals surface area contributed by atoms with Gasteiger partial charge in [0.2, 0.25) is 5.91 Å². The van der Waals surface area contributed by atoms with Crippen LogP contribution >= 0.6 is 0 Å². The number of benzene rings is 3. The molecule has 1 aliphatic carbocycles. The molecule has 0 fully saturated rings. The minimum absolute atomic E-state index is 0.0335. The van der Waals surface area contributed by atoms with Gasteiger partial charge in [0.15, 0.2) is 0 Å². The van der Waals surface area contributed by atoms with E-state index in [9.17, 15) is 19.2 Å². The van der Waals surface area contributed by atoms with Gasteiger partial charge in [-0.25, -0.2) is 9.59 Å². The Morgan fingerprint density at radius 3 is 1.85 bits per heavy atom. The average Bonchev–Trinajstić information content (AvgIpc) is 3.36. The highest BCUT2D eigenvalue weighted by Crippen LogP contribution is 2.44. The molecule has 0 heterocycles. The third-order valence-electron chi connectivity index (χ3n) is 7.83. The fraction of sp³-hybridized carbons (Fsp3) is 0.389. The number of fused-ring (bicyclic) bond motifs is 3. The molecule has 0 aromatic heterocycles. The maximum Gasteiger partial charge on any atom is 0.410 e. The summed E-state index contributed by atoms with van der Waals surface area (Å²) in [7, 11) is 4.57. The number of esters is 1. The van der Waals surface area contributed by atoms with E-state index in [0.717, 1.165) is 32.7 Å². The fourth-order valence-electron chi connectivity index (χ4n) is 5.26. The zero-order chi connectivity index (χ0) is 33.4. The number of carbonyl (C=O) groups is 4. The van der Waals surface area contributed by atoms with Crippen molar-refractivity contribution in [1.29, 1.82) is 0 Å². The van der Waals surface area contributed by atoms with Gasteiger partial charge in [-0.3, -0.25) is 14.5 Å². The SMILES string of the molecule is CN(CCN(C)C(=O)[C@H](CC(=O)OCc1ccccc1)N(C)C(=O)OCC1c2ccccc2-c2ccccc21)C(=O)OC(C)(C)C. The number of rotatable bonds is 11. The number of hydrogen-bond acceptors (Lipinski definition) is 7. The van der Waals surface area contributed by atoms with E-state index in [1.165, 1.54) is 16.8 Å². The standard InChI is InChI=1S/C36H43N3O7/c1-36(2,3)46-34(42)38(5)21-20-37(4)33(41)31(22-32(40)44-23-25-14-8-7-9-15-25)39(6)35(43)45-24-30-28-18-12-10-16-26(28)27-17-11-13-19-29(27)30/h7-19,30-31H,20-24H2,1-6H3/t31-/m0/s1. The van der Waals surface area contributed by atoms with E-state index in [1.807, 2.05) is 78.9 Å². The summed E-state index contributed by atoms with van der Waals surface area (Å²) in [5.74, 6) is -1.30. The van der Waals surface area contributed by atoms with Gasteiger partial charge in [-0.15, -0.1) is 0 Å². The molecule has 0 saturated heterocycles. The van der Waals surface area contributed by atoms with Crippen LogP contribution in [0.15, 0.2) is 78.9 Å². The summed E-state index contributed by atoms with van der Waals surface area (Å²) in [4.78, 5) is 56.5. The molecule has 3 aromatic carbocycles. The highest BCUT2D eigenvalue weighted by Gasteiger charge is 2.35. The number of amides is 3. The molecule has 0 saturated carbocycles. The predicted molar refractivity (Wildman–Crippen MR) is 174 cm³/mol. The Bertz CT molecular complexity index is 1490. The molecule has 3 amide bonds. The molecule has 10 heteroatoms. The second kappa shape index (κ2) is 14.9. The first-order chi connectivity index (χ1) is 21.9. The molecule has 3 aromatic rings. The van der Waals surface area contributed by atoms with Crippen LogP contribution in [0.3, 0.4) is 0 Å². The Hall–Kier alpha value is -4.86. The van der Waals surface area contributed by atoms with Gasteiger partial charge >= 0.3 is 18.2 Å². The van der Waals surface area contributed by atoms with Crippen molar-refractivity contribution in [3.8, 4) is 11.1 Å². The lowest BCUT2D eigenvalue weighted by atomic mass is 9.98. The summed E-state index contributed by atoms with van der Waals surface area (Å²) < 4.78 is 16.6. The second-order valence-corrected chi connectivity index (χ2v) is 12.4. The number of likely N-dealkylation sites (N-methyl/N-ethyl adjacent to an activating group) is 3. The van der Waals surface area contributed by atoms with Gasteiger partial charge in [0, 0.05) is 40.2 Å². The first-order valence-electron chi connectivity index (χ1n) is 15.3. The number of nitrogens with zero attached hydrogens (tertiary/aromatic N) is 3. The lowest BCUT2D eigenvalue weighted by Crippen LogP contribution is -2.51. The van der Waals surface area contributed by atoms with Gasteiger partial charge < -0.3 is 24.0 Å². The first kappa shape index (κ1) is 34.0. The van der Waals surface area contributed by atoms with E-state index in [-0.39, 0.29) is 38.6 Å². The fourth-order valence-corrected chi connectivity index (χ4v) is 5.26. The van der Waals surface area contributed by atoms with Crippen LogP contribution in [-0.2, 0) is 30.4 Å².